The average molecular weight is 553 g/mol. The fraction of sp³-hybridized carbons (Fsp3) is 0.500. The maximum Gasteiger partial charge on any atom is 0.170 e. The molecule has 0 radical (unpaired) electrons. The number of para-hydroxylation sites is 2. The van der Waals surface area contributed by atoms with Crippen molar-refractivity contribution in [2.45, 2.75) is 91.9 Å². The number of anilines is 2. The lowest BCUT2D eigenvalue weighted by atomic mass is 9.97. The second-order valence-electron chi connectivity index (χ2n) is 9.82. The molecule has 4 nitrogen and oxygen atoms in total. The van der Waals surface area contributed by atoms with Gasteiger partial charge in [-0.15, -0.1) is 0 Å². The van der Waals surface area contributed by atoms with E-state index in [1.165, 1.54) is 22.4 Å². The minimum Gasteiger partial charge on any atom is -0.362 e. The first kappa shape index (κ1) is 31.8. The lowest BCUT2D eigenvalue weighted by Crippen LogP contribution is -2.31. The van der Waals surface area contributed by atoms with Crippen LogP contribution in [0.2, 0.25) is 0 Å². The number of rotatable bonds is 16. The van der Waals surface area contributed by atoms with Crippen LogP contribution in [0.4, 0.5) is 11.4 Å². The number of allylic oxidation sites excluding steroid dienone is 1. The van der Waals surface area contributed by atoms with Crippen LogP contribution in [0.3, 0.4) is 0 Å². The fourth-order valence-electron chi connectivity index (χ4n) is 4.63. The molecule has 2 aromatic rings. The smallest absolute Gasteiger partial charge is 0.170 e. The molecule has 0 atom stereocenters. The van der Waals surface area contributed by atoms with Crippen LogP contribution in [0.15, 0.2) is 43.0 Å². The van der Waals surface area contributed by atoms with Crippen molar-refractivity contribution >= 4 is 51.6 Å². The third-order valence-electron chi connectivity index (χ3n) is 6.66. The van der Waals surface area contributed by atoms with E-state index in [9.17, 15) is 0 Å². The van der Waals surface area contributed by atoms with E-state index in [0.717, 1.165) is 94.1 Å². The maximum atomic E-state index is 5.63. The summed E-state index contributed by atoms with van der Waals surface area (Å²) in [6.45, 7) is 14.7. The molecule has 0 fully saturated rings. The van der Waals surface area contributed by atoms with Crippen molar-refractivity contribution in [3.63, 3.8) is 0 Å². The number of unbranched alkanes of at least 4 members (excludes halogenated alkanes) is 2. The Morgan fingerprint density at radius 2 is 1.11 bits per heavy atom. The summed E-state index contributed by atoms with van der Waals surface area (Å²) in [5.41, 5.74) is 8.58. The SMILES string of the molecule is C=C(CC)c1cccc(CCC)c1NC(=S)NCCCCCNC(=S)Nc1c(CCC)cccc1CCC. The summed E-state index contributed by atoms with van der Waals surface area (Å²) >= 11 is 11.2. The first-order valence-corrected chi connectivity index (χ1v) is 15.3. The Balaban J connectivity index is 1.75. The van der Waals surface area contributed by atoms with Crippen molar-refractivity contribution in [1.29, 1.82) is 0 Å². The summed E-state index contributed by atoms with van der Waals surface area (Å²) in [5, 5.41) is 15.1. The van der Waals surface area contributed by atoms with Gasteiger partial charge in [0.05, 0.1) is 5.69 Å². The quantitative estimate of drug-likeness (QED) is 0.124. The molecule has 2 aromatic carbocycles. The first-order valence-electron chi connectivity index (χ1n) is 14.4. The van der Waals surface area contributed by atoms with E-state index in [4.69, 9.17) is 24.4 Å². The van der Waals surface area contributed by atoms with Crippen LogP contribution in [0.1, 0.15) is 94.9 Å². The van der Waals surface area contributed by atoms with Gasteiger partial charge in [0.15, 0.2) is 10.2 Å². The van der Waals surface area contributed by atoms with Gasteiger partial charge in [0.2, 0.25) is 0 Å². The van der Waals surface area contributed by atoms with Crippen LogP contribution in [-0.2, 0) is 19.3 Å². The van der Waals surface area contributed by atoms with Gasteiger partial charge in [0, 0.05) is 24.3 Å². The molecular formula is C32H48N4S2. The van der Waals surface area contributed by atoms with E-state index in [1.807, 2.05) is 0 Å². The van der Waals surface area contributed by atoms with Gasteiger partial charge < -0.3 is 21.3 Å². The van der Waals surface area contributed by atoms with E-state index in [2.05, 4.69) is 91.9 Å². The normalized spacial score (nSPS) is 10.6. The van der Waals surface area contributed by atoms with Gasteiger partial charge in [0.25, 0.3) is 0 Å². The predicted octanol–water partition coefficient (Wildman–Crippen LogP) is 8.41. The molecule has 2 rings (SSSR count). The average Bonchev–Trinajstić information content (AvgIpc) is 2.90. The zero-order valence-electron chi connectivity index (χ0n) is 24.0. The molecule has 0 saturated heterocycles. The zero-order valence-corrected chi connectivity index (χ0v) is 25.6. The van der Waals surface area contributed by atoms with Crippen molar-refractivity contribution < 1.29 is 0 Å². The van der Waals surface area contributed by atoms with Crippen LogP contribution in [0.25, 0.3) is 5.57 Å². The summed E-state index contributed by atoms with van der Waals surface area (Å²) in [7, 11) is 0. The molecule has 0 bridgehead atoms. The van der Waals surface area contributed by atoms with Crippen LogP contribution in [0.5, 0.6) is 0 Å². The van der Waals surface area contributed by atoms with Crippen LogP contribution in [0, 0.1) is 0 Å². The number of nitrogens with one attached hydrogen (secondary N) is 4. The molecule has 38 heavy (non-hydrogen) atoms. The number of hydrogen-bond acceptors (Lipinski definition) is 2. The summed E-state index contributed by atoms with van der Waals surface area (Å²) in [5.74, 6) is 0. The van der Waals surface area contributed by atoms with Crippen molar-refractivity contribution in [2.24, 2.45) is 0 Å². The topological polar surface area (TPSA) is 48.1 Å². The third-order valence-corrected chi connectivity index (χ3v) is 7.15. The van der Waals surface area contributed by atoms with E-state index in [-0.39, 0.29) is 0 Å². The highest BCUT2D eigenvalue weighted by Crippen LogP contribution is 2.29. The van der Waals surface area contributed by atoms with E-state index < -0.39 is 0 Å². The molecule has 4 N–H and O–H groups in total. The molecule has 0 unspecified atom stereocenters. The summed E-state index contributed by atoms with van der Waals surface area (Å²) in [6, 6.07) is 13.0. The standard InChI is InChI=1S/C32H48N4S2/c1-6-15-25-18-13-19-26(16-7-2)29(25)35-31(37)33-22-11-10-12-23-34-32(38)36-30-27(17-8-3)20-14-21-28(30)24(5)9-4/h13-14,18-21H,5-12,15-17,22-23H2,1-4H3,(H2,33,35,37)(H2,34,36,38). The van der Waals surface area contributed by atoms with E-state index in [1.54, 1.807) is 0 Å². The highest BCUT2D eigenvalue weighted by molar-refractivity contribution is 7.80. The number of thiocarbonyl (C=S) groups is 2. The fourth-order valence-corrected chi connectivity index (χ4v) is 5.03. The molecular weight excluding hydrogens is 505 g/mol. The summed E-state index contributed by atoms with van der Waals surface area (Å²) < 4.78 is 0. The lowest BCUT2D eigenvalue weighted by Gasteiger charge is -2.19. The molecule has 208 valence electrons. The number of hydrogen-bond donors (Lipinski definition) is 4. The van der Waals surface area contributed by atoms with Crippen molar-refractivity contribution in [3.8, 4) is 0 Å². The van der Waals surface area contributed by atoms with Gasteiger partial charge in [-0.2, -0.15) is 0 Å². The molecule has 0 amide bonds. The van der Waals surface area contributed by atoms with Gasteiger partial charge >= 0.3 is 0 Å². The molecule has 0 aliphatic carbocycles. The van der Waals surface area contributed by atoms with Gasteiger partial charge in [-0.25, -0.2) is 0 Å². The highest BCUT2D eigenvalue weighted by Gasteiger charge is 2.12. The van der Waals surface area contributed by atoms with Gasteiger partial charge in [-0.1, -0.05) is 89.9 Å². The molecule has 0 aliphatic heterocycles. The Morgan fingerprint density at radius 1 is 0.658 bits per heavy atom. The van der Waals surface area contributed by atoms with Crippen molar-refractivity contribution in [3.05, 3.63) is 65.2 Å². The number of benzene rings is 2. The molecule has 0 aromatic heterocycles. The highest BCUT2D eigenvalue weighted by atomic mass is 32.1. The minimum atomic E-state index is 0.677. The lowest BCUT2D eigenvalue weighted by molar-refractivity contribution is 0.655. The van der Waals surface area contributed by atoms with E-state index >= 15 is 0 Å². The van der Waals surface area contributed by atoms with Gasteiger partial charge in [-0.3, -0.25) is 0 Å². The summed E-state index contributed by atoms with van der Waals surface area (Å²) in [4.78, 5) is 0. The largest absolute Gasteiger partial charge is 0.362 e. The van der Waals surface area contributed by atoms with Crippen LogP contribution >= 0.6 is 24.4 Å². The van der Waals surface area contributed by atoms with Gasteiger partial charge in [0.1, 0.15) is 0 Å². The Morgan fingerprint density at radius 3 is 1.58 bits per heavy atom. The Labute approximate surface area is 242 Å². The van der Waals surface area contributed by atoms with Crippen molar-refractivity contribution in [2.75, 3.05) is 23.7 Å². The zero-order chi connectivity index (χ0) is 27.8. The third kappa shape index (κ3) is 10.4. The maximum absolute atomic E-state index is 5.63. The van der Waals surface area contributed by atoms with Crippen molar-refractivity contribution in [1.82, 2.24) is 10.6 Å². The molecule has 0 aliphatic rings. The Kier molecular flexibility index (Phi) is 15.0. The second kappa shape index (κ2) is 18.0. The van der Waals surface area contributed by atoms with E-state index in [0.29, 0.717) is 10.2 Å². The second-order valence-corrected chi connectivity index (χ2v) is 10.6. The Hall–Kier alpha value is -2.44. The van der Waals surface area contributed by atoms with Crippen LogP contribution < -0.4 is 21.3 Å². The molecule has 0 heterocycles. The molecule has 0 saturated carbocycles. The minimum absolute atomic E-state index is 0.677. The molecule has 6 heteroatoms. The predicted molar refractivity (Wildman–Crippen MR) is 176 cm³/mol. The monoisotopic (exact) mass is 552 g/mol. The number of aryl methyl sites for hydroxylation is 3. The van der Waals surface area contributed by atoms with Gasteiger partial charge in [-0.05, 0) is 91.6 Å². The summed E-state index contributed by atoms with van der Waals surface area (Å²) in [6.07, 6.45) is 10.6. The van der Waals surface area contributed by atoms with Crippen LogP contribution in [-0.4, -0.2) is 23.3 Å². The first-order chi connectivity index (χ1) is 18.4. The molecule has 0 spiro atoms. The Bertz CT molecular complexity index is 1020.